The van der Waals surface area contributed by atoms with Crippen LogP contribution in [0.25, 0.3) is 0 Å². The summed E-state index contributed by atoms with van der Waals surface area (Å²) >= 11 is 0. The van der Waals surface area contributed by atoms with Gasteiger partial charge in [0.1, 0.15) is 27.9 Å². The van der Waals surface area contributed by atoms with Crippen molar-refractivity contribution < 1.29 is 28.6 Å². The molecular weight excluding hydrogens is 376 g/mol. The van der Waals surface area contributed by atoms with Gasteiger partial charge in [-0.15, -0.1) is 0 Å². The molecule has 0 saturated carbocycles. The SMILES string of the molecule is CCOC(=O)C1=C(C)OC(N)=C(C(=O)OC(C)(C)C)[C@]12C(=O)Nc1ccccc12. The second kappa shape index (κ2) is 6.95. The monoisotopic (exact) mass is 400 g/mol. The molecule has 3 rings (SSSR count). The number of nitrogens with one attached hydrogen (secondary N) is 1. The molecule has 1 atom stereocenters. The van der Waals surface area contributed by atoms with E-state index in [9.17, 15) is 14.4 Å². The number of hydrogen-bond acceptors (Lipinski definition) is 7. The lowest BCUT2D eigenvalue weighted by Crippen LogP contribution is -2.49. The number of amides is 1. The minimum Gasteiger partial charge on any atom is -0.462 e. The van der Waals surface area contributed by atoms with Gasteiger partial charge in [0, 0.05) is 11.3 Å². The highest BCUT2D eigenvalue weighted by Gasteiger charge is 2.62. The molecule has 29 heavy (non-hydrogen) atoms. The molecule has 3 N–H and O–H groups in total. The zero-order valence-electron chi connectivity index (χ0n) is 17.0. The van der Waals surface area contributed by atoms with Crippen molar-refractivity contribution in [1.29, 1.82) is 0 Å². The fourth-order valence-electron chi connectivity index (χ4n) is 3.68. The van der Waals surface area contributed by atoms with Crippen molar-refractivity contribution in [3.8, 4) is 0 Å². The van der Waals surface area contributed by atoms with E-state index in [1.165, 1.54) is 6.92 Å². The normalized spacial score (nSPS) is 20.9. The van der Waals surface area contributed by atoms with E-state index in [4.69, 9.17) is 19.9 Å². The Labute approximate surface area is 168 Å². The van der Waals surface area contributed by atoms with E-state index < -0.39 is 28.9 Å². The van der Waals surface area contributed by atoms with Gasteiger partial charge in [0.15, 0.2) is 0 Å². The third kappa shape index (κ3) is 3.14. The van der Waals surface area contributed by atoms with Crippen LogP contribution in [0.4, 0.5) is 5.69 Å². The largest absolute Gasteiger partial charge is 0.462 e. The van der Waals surface area contributed by atoms with E-state index in [-0.39, 0.29) is 29.4 Å². The van der Waals surface area contributed by atoms with Crippen molar-refractivity contribution in [2.75, 3.05) is 11.9 Å². The highest BCUT2D eigenvalue weighted by atomic mass is 16.6. The summed E-state index contributed by atoms with van der Waals surface area (Å²) in [4.78, 5) is 39.5. The molecule has 2 heterocycles. The van der Waals surface area contributed by atoms with Gasteiger partial charge in [-0.05, 0) is 40.7 Å². The third-order valence-electron chi connectivity index (χ3n) is 4.61. The number of anilines is 1. The van der Waals surface area contributed by atoms with Gasteiger partial charge in [-0.25, -0.2) is 9.59 Å². The molecule has 0 radical (unpaired) electrons. The Morgan fingerprint density at radius 1 is 1.17 bits per heavy atom. The molecule has 0 saturated heterocycles. The number of hydrogen-bond donors (Lipinski definition) is 2. The molecule has 8 heteroatoms. The van der Waals surface area contributed by atoms with Crippen LogP contribution in [0.2, 0.25) is 0 Å². The van der Waals surface area contributed by atoms with Gasteiger partial charge in [0.05, 0.1) is 6.61 Å². The zero-order chi connectivity index (χ0) is 21.6. The number of carbonyl (C=O) groups excluding carboxylic acids is 3. The van der Waals surface area contributed by atoms with Gasteiger partial charge in [0.25, 0.3) is 0 Å². The predicted molar refractivity (Wildman–Crippen MR) is 104 cm³/mol. The Balaban J connectivity index is 2.34. The summed E-state index contributed by atoms with van der Waals surface area (Å²) in [5.41, 5.74) is 3.91. The van der Waals surface area contributed by atoms with Crippen LogP contribution in [0.1, 0.15) is 40.2 Å². The topological polar surface area (TPSA) is 117 Å². The van der Waals surface area contributed by atoms with Crippen molar-refractivity contribution in [1.82, 2.24) is 0 Å². The highest BCUT2D eigenvalue weighted by molar-refractivity contribution is 6.21. The summed E-state index contributed by atoms with van der Waals surface area (Å²) in [6.45, 7) is 8.29. The number of ether oxygens (including phenoxy) is 3. The number of esters is 2. The molecule has 2 aliphatic heterocycles. The Hall–Kier alpha value is -3.29. The van der Waals surface area contributed by atoms with Crippen LogP contribution in [-0.2, 0) is 34.0 Å². The molecule has 8 nitrogen and oxygen atoms in total. The summed E-state index contributed by atoms with van der Waals surface area (Å²) in [6.07, 6.45) is 0. The Bertz CT molecular complexity index is 970. The maximum absolute atomic E-state index is 13.4. The summed E-state index contributed by atoms with van der Waals surface area (Å²) in [6, 6.07) is 6.77. The van der Waals surface area contributed by atoms with Gasteiger partial charge in [0.2, 0.25) is 11.8 Å². The van der Waals surface area contributed by atoms with Crippen molar-refractivity contribution >= 4 is 23.5 Å². The number of rotatable bonds is 3. The number of carbonyl (C=O) groups is 3. The molecule has 0 aliphatic carbocycles. The first kappa shape index (κ1) is 20.4. The van der Waals surface area contributed by atoms with Crippen LogP contribution < -0.4 is 11.1 Å². The van der Waals surface area contributed by atoms with E-state index in [1.807, 2.05) is 0 Å². The summed E-state index contributed by atoms with van der Waals surface area (Å²) in [5, 5.41) is 2.74. The van der Waals surface area contributed by atoms with Gasteiger partial charge in [-0.2, -0.15) is 0 Å². The molecular formula is C21H24N2O6. The molecule has 1 aromatic carbocycles. The molecule has 0 fully saturated rings. The van der Waals surface area contributed by atoms with Gasteiger partial charge in [-0.3, -0.25) is 4.79 Å². The number of benzene rings is 1. The number of nitrogens with two attached hydrogens (primary N) is 1. The van der Waals surface area contributed by atoms with Crippen LogP contribution in [0.5, 0.6) is 0 Å². The number of para-hydroxylation sites is 1. The Morgan fingerprint density at radius 2 is 1.83 bits per heavy atom. The predicted octanol–water partition coefficient (Wildman–Crippen LogP) is 2.26. The average molecular weight is 400 g/mol. The fraction of sp³-hybridized carbons (Fsp3) is 0.381. The fourth-order valence-corrected chi connectivity index (χ4v) is 3.68. The first-order chi connectivity index (χ1) is 13.5. The minimum atomic E-state index is -1.84. The molecule has 0 unspecified atom stereocenters. The lowest BCUT2D eigenvalue weighted by Gasteiger charge is -2.36. The minimum absolute atomic E-state index is 0.0793. The summed E-state index contributed by atoms with van der Waals surface area (Å²) in [7, 11) is 0. The zero-order valence-corrected chi connectivity index (χ0v) is 17.0. The molecule has 0 bridgehead atoms. The van der Waals surface area contributed by atoms with E-state index >= 15 is 0 Å². The summed E-state index contributed by atoms with van der Waals surface area (Å²) < 4.78 is 16.2. The number of allylic oxidation sites excluding steroid dienone is 1. The Morgan fingerprint density at radius 3 is 2.45 bits per heavy atom. The second-order valence-corrected chi connectivity index (χ2v) is 7.74. The van der Waals surface area contributed by atoms with Gasteiger partial charge < -0.3 is 25.3 Å². The van der Waals surface area contributed by atoms with E-state index in [2.05, 4.69) is 5.32 Å². The van der Waals surface area contributed by atoms with Gasteiger partial charge in [-0.1, -0.05) is 18.2 Å². The van der Waals surface area contributed by atoms with E-state index in [0.717, 1.165) is 0 Å². The lowest BCUT2D eigenvalue weighted by atomic mass is 9.67. The maximum Gasteiger partial charge on any atom is 0.341 e. The van der Waals surface area contributed by atoms with Crippen LogP contribution in [0.15, 0.2) is 47.1 Å². The van der Waals surface area contributed by atoms with E-state index in [0.29, 0.717) is 11.3 Å². The first-order valence-corrected chi connectivity index (χ1v) is 9.24. The molecule has 0 aromatic heterocycles. The molecule has 1 spiro atoms. The highest BCUT2D eigenvalue weighted by Crippen LogP contribution is 2.52. The smallest absolute Gasteiger partial charge is 0.341 e. The van der Waals surface area contributed by atoms with Crippen molar-refractivity contribution in [2.45, 2.75) is 45.6 Å². The molecule has 1 amide bonds. The molecule has 1 aromatic rings. The molecule has 2 aliphatic rings. The van der Waals surface area contributed by atoms with Crippen LogP contribution in [0, 0.1) is 0 Å². The van der Waals surface area contributed by atoms with Crippen LogP contribution >= 0.6 is 0 Å². The van der Waals surface area contributed by atoms with Crippen molar-refractivity contribution in [2.24, 2.45) is 5.73 Å². The van der Waals surface area contributed by atoms with Gasteiger partial charge >= 0.3 is 11.9 Å². The molecule has 154 valence electrons. The third-order valence-corrected chi connectivity index (χ3v) is 4.61. The standard InChI is InChI=1S/C21H24N2O6/c1-6-27-17(24)14-11(2)28-16(22)15(18(25)29-20(3,4)5)21(14)12-9-7-8-10-13(12)23-19(21)26/h7-10H,6,22H2,1-5H3,(H,23,26)/t21-/m1/s1. The van der Waals surface area contributed by atoms with Crippen LogP contribution in [-0.4, -0.2) is 30.1 Å². The van der Waals surface area contributed by atoms with Crippen molar-refractivity contribution in [3.63, 3.8) is 0 Å². The second-order valence-electron chi connectivity index (χ2n) is 7.74. The quantitative estimate of drug-likeness (QED) is 0.747. The Kier molecular flexibility index (Phi) is 4.90. The lowest BCUT2D eigenvalue weighted by molar-refractivity contribution is -0.152. The van der Waals surface area contributed by atoms with Crippen LogP contribution in [0.3, 0.4) is 0 Å². The summed E-state index contributed by atoms with van der Waals surface area (Å²) in [5.74, 6) is -2.44. The number of fused-ring (bicyclic) bond motifs is 2. The average Bonchev–Trinajstić information content (AvgIpc) is 2.86. The first-order valence-electron chi connectivity index (χ1n) is 9.24. The van der Waals surface area contributed by atoms with Crippen molar-refractivity contribution in [3.05, 3.63) is 52.6 Å². The maximum atomic E-state index is 13.4. The van der Waals surface area contributed by atoms with E-state index in [1.54, 1.807) is 52.0 Å².